The molecule has 0 aliphatic heterocycles. The Morgan fingerprint density at radius 1 is 0.519 bits per heavy atom. The van der Waals surface area contributed by atoms with Crippen LogP contribution in [0.4, 0.5) is 0 Å². The minimum absolute atomic E-state index is 0.717. The molecule has 0 spiro atoms. The van der Waals surface area contributed by atoms with Gasteiger partial charge in [-0.15, -0.1) is 0 Å². The van der Waals surface area contributed by atoms with Crippen LogP contribution in [0, 0.1) is 20.8 Å². The standard InChI is InChI=1S/C22H24IO3P/c1-17-5-11-20(12-6-17)24-27(4,23,25-21-13-7-18(2)8-14-21)26-22-15-9-19(3)10-16-22/h5-16H,1-4H3. The topological polar surface area (TPSA) is 27.7 Å². The van der Waals surface area contributed by atoms with Gasteiger partial charge in [-0.1, -0.05) is 0 Å². The summed E-state index contributed by atoms with van der Waals surface area (Å²) in [4.78, 5) is -3.55. The molecule has 0 bridgehead atoms. The van der Waals surface area contributed by atoms with E-state index < -0.39 is 4.93 Å². The summed E-state index contributed by atoms with van der Waals surface area (Å²) in [5.74, 6) is 2.15. The minimum atomic E-state index is -3.55. The second-order valence-corrected chi connectivity index (χ2v) is 16.1. The summed E-state index contributed by atoms with van der Waals surface area (Å²) in [6.45, 7) is 8.05. The summed E-state index contributed by atoms with van der Waals surface area (Å²) in [6.07, 6.45) is 0. The van der Waals surface area contributed by atoms with Crippen LogP contribution in [0.25, 0.3) is 0 Å². The zero-order chi connectivity index (χ0) is 19.5. The molecule has 0 atom stereocenters. The first-order valence-electron chi connectivity index (χ1n) is 8.74. The van der Waals surface area contributed by atoms with Gasteiger partial charge in [-0.2, -0.15) is 0 Å². The average molecular weight is 494 g/mol. The molecule has 0 fully saturated rings. The summed E-state index contributed by atoms with van der Waals surface area (Å²) in [6, 6.07) is 23.7. The van der Waals surface area contributed by atoms with E-state index in [1.807, 2.05) is 100 Å². The number of benzene rings is 3. The Balaban J connectivity index is 1.95. The van der Waals surface area contributed by atoms with E-state index >= 15 is 0 Å². The molecular formula is C22H24IO3P. The molecule has 0 N–H and O–H groups in total. The van der Waals surface area contributed by atoms with Crippen LogP contribution < -0.4 is 13.6 Å². The van der Waals surface area contributed by atoms with Crippen molar-refractivity contribution in [2.24, 2.45) is 0 Å². The van der Waals surface area contributed by atoms with Crippen molar-refractivity contribution in [3.05, 3.63) is 89.5 Å². The van der Waals surface area contributed by atoms with Crippen molar-refractivity contribution >= 4 is 27.0 Å². The van der Waals surface area contributed by atoms with E-state index in [1.54, 1.807) is 0 Å². The first kappa shape index (κ1) is 20.0. The Kier molecular flexibility index (Phi) is 5.68. The van der Waals surface area contributed by atoms with Crippen molar-refractivity contribution in [3.63, 3.8) is 0 Å². The van der Waals surface area contributed by atoms with Crippen molar-refractivity contribution in [1.82, 2.24) is 0 Å². The number of aryl methyl sites for hydroxylation is 3. The van der Waals surface area contributed by atoms with Crippen molar-refractivity contribution in [3.8, 4) is 17.2 Å². The third-order valence-corrected chi connectivity index (χ3v) is 7.59. The fraction of sp³-hybridized carbons (Fsp3) is 0.182. The van der Waals surface area contributed by atoms with E-state index in [4.69, 9.17) is 13.6 Å². The van der Waals surface area contributed by atoms with Gasteiger partial charge in [0.05, 0.1) is 0 Å². The summed E-state index contributed by atoms with van der Waals surface area (Å²) < 4.78 is 19.2. The van der Waals surface area contributed by atoms with Gasteiger partial charge in [0.2, 0.25) is 0 Å². The predicted octanol–water partition coefficient (Wildman–Crippen LogP) is 7.43. The molecule has 0 saturated heterocycles. The molecule has 27 heavy (non-hydrogen) atoms. The SMILES string of the molecule is Cc1ccc(OP(C)(I)(Oc2ccc(C)cc2)Oc2ccc(C)cc2)cc1. The number of hydrogen-bond acceptors (Lipinski definition) is 3. The van der Waals surface area contributed by atoms with Crippen LogP contribution in [0.3, 0.4) is 0 Å². The van der Waals surface area contributed by atoms with Crippen LogP contribution in [0.5, 0.6) is 17.2 Å². The third-order valence-electron chi connectivity index (χ3n) is 3.98. The van der Waals surface area contributed by atoms with Crippen molar-refractivity contribution < 1.29 is 13.6 Å². The Hall–Kier alpha value is -1.78. The number of hydrogen-bond donors (Lipinski definition) is 0. The molecule has 0 amide bonds. The van der Waals surface area contributed by atoms with Gasteiger partial charge in [0.1, 0.15) is 0 Å². The van der Waals surface area contributed by atoms with Crippen LogP contribution >= 0.6 is 27.0 Å². The normalized spacial score (nSPS) is 12.7. The third kappa shape index (κ3) is 5.60. The van der Waals surface area contributed by atoms with E-state index in [9.17, 15) is 0 Å². The van der Waals surface area contributed by atoms with Gasteiger partial charge >= 0.3 is 175 Å². The summed E-state index contributed by atoms with van der Waals surface area (Å²) >= 11 is 2.21. The first-order chi connectivity index (χ1) is 12.7. The van der Waals surface area contributed by atoms with Crippen molar-refractivity contribution in [2.45, 2.75) is 20.8 Å². The Morgan fingerprint density at radius 3 is 0.963 bits per heavy atom. The van der Waals surface area contributed by atoms with E-state index in [-0.39, 0.29) is 0 Å². The van der Waals surface area contributed by atoms with Gasteiger partial charge in [0.15, 0.2) is 0 Å². The molecule has 0 unspecified atom stereocenters. The molecule has 5 heteroatoms. The maximum absolute atomic E-state index is 6.39. The molecule has 0 aliphatic carbocycles. The van der Waals surface area contributed by atoms with Gasteiger partial charge < -0.3 is 0 Å². The Bertz CT molecular complexity index is 781. The summed E-state index contributed by atoms with van der Waals surface area (Å²) in [5, 5.41) is 0. The molecule has 0 aromatic heterocycles. The van der Waals surface area contributed by atoms with Crippen LogP contribution in [-0.4, -0.2) is 6.66 Å². The molecule has 0 saturated carbocycles. The molecule has 142 valence electrons. The quantitative estimate of drug-likeness (QED) is 0.264. The first-order valence-corrected chi connectivity index (χ1v) is 14.0. The van der Waals surface area contributed by atoms with Gasteiger partial charge in [-0.3, -0.25) is 0 Å². The maximum atomic E-state index is 6.39. The molecular weight excluding hydrogens is 470 g/mol. The summed E-state index contributed by atoms with van der Waals surface area (Å²) in [7, 11) is 0. The van der Waals surface area contributed by atoms with E-state index in [0.717, 1.165) is 17.2 Å². The molecule has 0 aliphatic rings. The zero-order valence-corrected chi connectivity index (χ0v) is 19.0. The van der Waals surface area contributed by atoms with Gasteiger partial charge in [-0.25, -0.2) is 0 Å². The van der Waals surface area contributed by atoms with E-state index in [1.165, 1.54) is 16.7 Å². The second kappa shape index (κ2) is 7.69. The van der Waals surface area contributed by atoms with Crippen LogP contribution in [0.15, 0.2) is 72.8 Å². The molecule has 3 rings (SSSR count). The fourth-order valence-corrected chi connectivity index (χ4v) is 6.46. The van der Waals surface area contributed by atoms with Crippen molar-refractivity contribution in [1.29, 1.82) is 0 Å². The summed E-state index contributed by atoms with van der Waals surface area (Å²) in [5.41, 5.74) is 3.52. The number of halogens is 1. The van der Waals surface area contributed by atoms with Crippen LogP contribution in [0.2, 0.25) is 0 Å². The molecule has 3 aromatic rings. The monoisotopic (exact) mass is 494 g/mol. The average Bonchev–Trinajstić information content (AvgIpc) is 2.61. The molecule has 3 nitrogen and oxygen atoms in total. The molecule has 0 radical (unpaired) electrons. The van der Waals surface area contributed by atoms with Gasteiger partial charge in [0, 0.05) is 0 Å². The van der Waals surface area contributed by atoms with Gasteiger partial charge in [-0.05, 0) is 0 Å². The van der Waals surface area contributed by atoms with E-state index in [2.05, 4.69) is 22.0 Å². The van der Waals surface area contributed by atoms with Crippen LogP contribution in [0.1, 0.15) is 16.7 Å². The Morgan fingerprint density at radius 2 is 0.741 bits per heavy atom. The molecule has 3 aromatic carbocycles. The van der Waals surface area contributed by atoms with Crippen LogP contribution in [-0.2, 0) is 0 Å². The Labute approximate surface area is 174 Å². The van der Waals surface area contributed by atoms with E-state index in [0.29, 0.717) is 0 Å². The number of rotatable bonds is 6. The fourth-order valence-electron chi connectivity index (χ4n) is 2.55. The molecule has 0 heterocycles. The second-order valence-electron chi connectivity index (χ2n) is 6.86. The zero-order valence-electron chi connectivity index (χ0n) is 16.0. The van der Waals surface area contributed by atoms with Gasteiger partial charge in [0.25, 0.3) is 0 Å². The predicted molar refractivity (Wildman–Crippen MR) is 122 cm³/mol. The van der Waals surface area contributed by atoms with Crippen molar-refractivity contribution in [2.75, 3.05) is 6.66 Å².